The van der Waals surface area contributed by atoms with Crippen LogP contribution < -0.4 is 10.6 Å². The maximum atomic E-state index is 4.18. The largest absolute Gasteiger partial charge is 0.393 e. The molecule has 0 aliphatic rings. The van der Waals surface area contributed by atoms with Crippen LogP contribution in [0.1, 0.15) is 12.5 Å². The lowest BCUT2D eigenvalue weighted by Crippen LogP contribution is -1.96. The Balaban J connectivity index is 2.62. The first-order chi connectivity index (χ1) is 6.86. The molecule has 0 saturated carbocycles. The lowest BCUT2D eigenvalue weighted by molar-refractivity contribution is 1.10. The molecule has 0 fully saturated rings. The number of nitrogens with one attached hydrogen (secondary N) is 2. The lowest BCUT2D eigenvalue weighted by Gasteiger charge is -1.98. The zero-order valence-electron chi connectivity index (χ0n) is 8.33. The quantitative estimate of drug-likeness (QED) is 0.705. The molecule has 0 aliphatic heterocycles. The number of aromatic nitrogens is 1. The first-order valence-electron chi connectivity index (χ1n) is 4.34. The van der Waals surface area contributed by atoms with Crippen molar-refractivity contribution in [2.75, 3.05) is 12.4 Å². The second-order valence-corrected chi connectivity index (χ2v) is 2.57. The highest BCUT2D eigenvalue weighted by molar-refractivity contribution is 5.42. The van der Waals surface area contributed by atoms with Crippen molar-refractivity contribution in [1.82, 2.24) is 10.3 Å². The van der Waals surface area contributed by atoms with Gasteiger partial charge >= 0.3 is 0 Å². The van der Waals surface area contributed by atoms with Crippen molar-refractivity contribution >= 4 is 5.82 Å². The molecule has 1 heterocycles. The SMILES string of the molecule is CC#Cc1ccc(N/C=C/NC)nc1. The molecule has 0 spiro atoms. The van der Waals surface area contributed by atoms with E-state index in [2.05, 4.69) is 27.5 Å². The van der Waals surface area contributed by atoms with Crippen LogP contribution in [0.2, 0.25) is 0 Å². The molecule has 0 atom stereocenters. The van der Waals surface area contributed by atoms with Crippen molar-refractivity contribution < 1.29 is 0 Å². The van der Waals surface area contributed by atoms with Crippen LogP contribution in [0.4, 0.5) is 5.82 Å². The second kappa shape index (κ2) is 5.65. The van der Waals surface area contributed by atoms with E-state index in [9.17, 15) is 0 Å². The van der Waals surface area contributed by atoms with E-state index in [0.717, 1.165) is 11.4 Å². The third-order valence-corrected chi connectivity index (χ3v) is 1.51. The third kappa shape index (κ3) is 3.20. The van der Waals surface area contributed by atoms with Gasteiger partial charge in [0, 0.05) is 31.2 Å². The third-order valence-electron chi connectivity index (χ3n) is 1.51. The van der Waals surface area contributed by atoms with E-state index in [0.29, 0.717) is 0 Å². The highest BCUT2D eigenvalue weighted by Gasteiger charge is 1.89. The predicted octanol–water partition coefficient (Wildman–Crippen LogP) is 1.56. The molecule has 72 valence electrons. The fraction of sp³-hybridized carbons (Fsp3) is 0.182. The van der Waals surface area contributed by atoms with Crippen LogP contribution in [0, 0.1) is 11.8 Å². The van der Waals surface area contributed by atoms with Crippen molar-refractivity contribution in [3.63, 3.8) is 0 Å². The highest BCUT2D eigenvalue weighted by atomic mass is 15.0. The van der Waals surface area contributed by atoms with E-state index in [-0.39, 0.29) is 0 Å². The second-order valence-electron chi connectivity index (χ2n) is 2.57. The van der Waals surface area contributed by atoms with E-state index in [1.165, 1.54) is 0 Å². The molecular weight excluding hydrogens is 174 g/mol. The smallest absolute Gasteiger partial charge is 0.129 e. The Morgan fingerprint density at radius 1 is 1.36 bits per heavy atom. The van der Waals surface area contributed by atoms with E-state index < -0.39 is 0 Å². The van der Waals surface area contributed by atoms with Crippen LogP contribution >= 0.6 is 0 Å². The van der Waals surface area contributed by atoms with Gasteiger partial charge in [-0.3, -0.25) is 0 Å². The van der Waals surface area contributed by atoms with Gasteiger partial charge in [0.05, 0.1) is 0 Å². The number of hydrogen-bond acceptors (Lipinski definition) is 3. The normalized spacial score (nSPS) is 9.29. The molecule has 14 heavy (non-hydrogen) atoms. The summed E-state index contributed by atoms with van der Waals surface area (Å²) < 4.78 is 0. The Hall–Kier alpha value is -1.95. The van der Waals surface area contributed by atoms with Gasteiger partial charge in [-0.2, -0.15) is 0 Å². The Morgan fingerprint density at radius 2 is 2.21 bits per heavy atom. The molecule has 0 aromatic carbocycles. The molecule has 1 aromatic rings. The molecule has 0 amide bonds. The van der Waals surface area contributed by atoms with Crippen LogP contribution in [0.15, 0.2) is 30.7 Å². The minimum atomic E-state index is 0.804. The van der Waals surface area contributed by atoms with Gasteiger partial charge in [0.1, 0.15) is 5.82 Å². The summed E-state index contributed by atoms with van der Waals surface area (Å²) in [5, 5.41) is 5.89. The predicted molar refractivity (Wildman–Crippen MR) is 58.6 cm³/mol. The van der Waals surface area contributed by atoms with Gasteiger partial charge in [0.25, 0.3) is 0 Å². The van der Waals surface area contributed by atoms with Crippen molar-refractivity contribution in [3.05, 3.63) is 36.3 Å². The number of nitrogens with zero attached hydrogens (tertiary/aromatic N) is 1. The maximum Gasteiger partial charge on any atom is 0.129 e. The lowest BCUT2D eigenvalue weighted by atomic mass is 10.3. The van der Waals surface area contributed by atoms with E-state index in [1.54, 1.807) is 18.6 Å². The maximum absolute atomic E-state index is 4.18. The molecule has 0 saturated heterocycles. The summed E-state index contributed by atoms with van der Waals surface area (Å²) in [6, 6.07) is 3.82. The fourth-order valence-corrected chi connectivity index (χ4v) is 0.908. The van der Waals surface area contributed by atoms with Crippen molar-refractivity contribution in [2.45, 2.75) is 6.92 Å². The molecule has 3 nitrogen and oxygen atoms in total. The molecule has 0 radical (unpaired) electrons. The number of hydrogen-bond donors (Lipinski definition) is 2. The van der Waals surface area contributed by atoms with Gasteiger partial charge in [-0.1, -0.05) is 5.92 Å². The van der Waals surface area contributed by atoms with Gasteiger partial charge in [0.2, 0.25) is 0 Å². The van der Waals surface area contributed by atoms with E-state index in [1.807, 2.05) is 26.1 Å². The summed E-state index contributed by atoms with van der Waals surface area (Å²) >= 11 is 0. The van der Waals surface area contributed by atoms with E-state index >= 15 is 0 Å². The molecule has 0 unspecified atom stereocenters. The monoisotopic (exact) mass is 187 g/mol. The molecule has 1 aromatic heterocycles. The Kier molecular flexibility index (Phi) is 4.09. The average molecular weight is 187 g/mol. The van der Waals surface area contributed by atoms with E-state index in [4.69, 9.17) is 0 Å². The van der Waals surface area contributed by atoms with Gasteiger partial charge in [-0.15, -0.1) is 5.92 Å². The number of rotatable bonds is 3. The van der Waals surface area contributed by atoms with Gasteiger partial charge < -0.3 is 10.6 Å². The minimum absolute atomic E-state index is 0.804. The van der Waals surface area contributed by atoms with Gasteiger partial charge in [-0.25, -0.2) is 4.98 Å². The van der Waals surface area contributed by atoms with Gasteiger partial charge in [0.15, 0.2) is 0 Å². The average Bonchev–Trinajstić information content (AvgIpc) is 2.21. The Morgan fingerprint density at radius 3 is 2.79 bits per heavy atom. The zero-order chi connectivity index (χ0) is 10.2. The van der Waals surface area contributed by atoms with Crippen molar-refractivity contribution in [3.8, 4) is 11.8 Å². The number of anilines is 1. The highest BCUT2D eigenvalue weighted by Crippen LogP contribution is 2.03. The summed E-state index contributed by atoms with van der Waals surface area (Å²) in [6.07, 6.45) is 5.32. The van der Waals surface area contributed by atoms with Gasteiger partial charge in [-0.05, 0) is 19.1 Å². The standard InChI is InChI=1S/C11H13N3/c1-3-4-10-5-6-11(14-9-10)13-8-7-12-2/h5-9,12H,1-2H3,(H,13,14)/b8-7+. The van der Waals surface area contributed by atoms with Crippen molar-refractivity contribution in [1.29, 1.82) is 0 Å². The summed E-state index contributed by atoms with van der Waals surface area (Å²) in [5.74, 6) is 6.56. The summed E-state index contributed by atoms with van der Waals surface area (Å²) in [7, 11) is 1.84. The summed E-state index contributed by atoms with van der Waals surface area (Å²) in [4.78, 5) is 4.18. The molecule has 0 aliphatic carbocycles. The summed E-state index contributed by atoms with van der Waals surface area (Å²) in [6.45, 7) is 1.81. The Bertz CT molecular complexity index is 354. The molecule has 1 rings (SSSR count). The van der Waals surface area contributed by atoms with Crippen molar-refractivity contribution in [2.24, 2.45) is 0 Å². The molecule has 0 bridgehead atoms. The molecule has 3 heteroatoms. The minimum Gasteiger partial charge on any atom is -0.393 e. The first-order valence-corrected chi connectivity index (χ1v) is 4.34. The molecule has 2 N–H and O–H groups in total. The van der Waals surface area contributed by atoms with Crippen LogP contribution in [-0.4, -0.2) is 12.0 Å². The van der Waals surface area contributed by atoms with Crippen LogP contribution in [0.5, 0.6) is 0 Å². The number of pyridine rings is 1. The summed E-state index contributed by atoms with van der Waals surface area (Å²) in [5.41, 5.74) is 0.927. The molecular formula is C11H13N3. The zero-order valence-corrected chi connectivity index (χ0v) is 8.33. The topological polar surface area (TPSA) is 37.0 Å². The Labute approximate surface area is 84.3 Å². The first kappa shape index (κ1) is 10.1. The van der Waals surface area contributed by atoms with Crippen LogP contribution in [0.3, 0.4) is 0 Å². The van der Waals surface area contributed by atoms with Crippen LogP contribution in [-0.2, 0) is 0 Å². The fourth-order valence-electron chi connectivity index (χ4n) is 0.908. The van der Waals surface area contributed by atoms with Crippen LogP contribution in [0.25, 0.3) is 0 Å².